The first-order valence-electron chi connectivity index (χ1n) is 8.96. The van der Waals surface area contributed by atoms with E-state index in [4.69, 9.17) is 4.42 Å². The van der Waals surface area contributed by atoms with E-state index < -0.39 is 0 Å². The number of furan rings is 1. The van der Waals surface area contributed by atoms with Crippen LogP contribution in [0.25, 0.3) is 21.7 Å². The van der Waals surface area contributed by atoms with Crippen molar-refractivity contribution in [3.63, 3.8) is 0 Å². The van der Waals surface area contributed by atoms with E-state index >= 15 is 0 Å². The topological polar surface area (TPSA) is 42.2 Å². The number of carbonyl (C=O) groups excluding carboxylic acids is 1. The number of aryl methyl sites for hydroxylation is 2. The van der Waals surface area contributed by atoms with Crippen LogP contribution in [0.5, 0.6) is 0 Å². The highest BCUT2D eigenvalue weighted by Gasteiger charge is 2.13. The molecule has 0 aliphatic carbocycles. The van der Waals surface area contributed by atoms with Crippen LogP contribution in [-0.2, 0) is 6.42 Å². The fraction of sp³-hybridized carbons (Fsp3) is 0.174. The Morgan fingerprint density at radius 3 is 2.73 bits per heavy atom. The standard InChI is InChI=1S/C23H21NO2/c1-16-6-4-7-17(14-16)8-5-13-24-23(25)22-15-20-19-10-3-2-9-18(19)11-12-21(20)26-22/h2-4,6-7,9-12,14-15H,5,8,13H2,1H3,(H,24,25). The van der Waals surface area contributed by atoms with Crippen LogP contribution in [0, 0.1) is 6.92 Å². The van der Waals surface area contributed by atoms with Crippen molar-refractivity contribution in [3.8, 4) is 0 Å². The van der Waals surface area contributed by atoms with Crippen LogP contribution in [0.2, 0.25) is 0 Å². The van der Waals surface area contributed by atoms with Gasteiger partial charge < -0.3 is 9.73 Å². The van der Waals surface area contributed by atoms with Crippen LogP contribution >= 0.6 is 0 Å². The Bertz CT molecular complexity index is 1080. The third kappa shape index (κ3) is 3.33. The van der Waals surface area contributed by atoms with Gasteiger partial charge in [-0.25, -0.2) is 0 Å². The number of hydrogen-bond acceptors (Lipinski definition) is 2. The lowest BCUT2D eigenvalue weighted by Crippen LogP contribution is -2.24. The van der Waals surface area contributed by atoms with E-state index in [1.807, 2.05) is 30.3 Å². The van der Waals surface area contributed by atoms with E-state index in [2.05, 4.69) is 48.6 Å². The molecular formula is C23H21NO2. The smallest absolute Gasteiger partial charge is 0.287 e. The lowest BCUT2D eigenvalue weighted by Gasteiger charge is -2.04. The first-order valence-corrected chi connectivity index (χ1v) is 8.96. The van der Waals surface area contributed by atoms with Crippen molar-refractivity contribution in [2.24, 2.45) is 0 Å². The molecule has 1 heterocycles. The van der Waals surface area contributed by atoms with Crippen LogP contribution in [0.4, 0.5) is 0 Å². The second-order valence-corrected chi connectivity index (χ2v) is 6.66. The highest BCUT2D eigenvalue weighted by Crippen LogP contribution is 2.28. The van der Waals surface area contributed by atoms with Crippen molar-refractivity contribution in [3.05, 3.63) is 83.6 Å². The van der Waals surface area contributed by atoms with Crippen LogP contribution in [0.15, 0.2) is 71.1 Å². The van der Waals surface area contributed by atoms with E-state index in [9.17, 15) is 4.79 Å². The van der Waals surface area contributed by atoms with Crippen molar-refractivity contribution in [1.29, 1.82) is 0 Å². The highest BCUT2D eigenvalue weighted by molar-refractivity contribution is 6.08. The number of fused-ring (bicyclic) bond motifs is 3. The molecule has 0 atom stereocenters. The molecule has 1 N–H and O–H groups in total. The molecule has 1 aromatic heterocycles. The van der Waals surface area contributed by atoms with Gasteiger partial charge in [-0.3, -0.25) is 4.79 Å². The number of rotatable bonds is 5. The monoisotopic (exact) mass is 343 g/mol. The zero-order valence-corrected chi connectivity index (χ0v) is 14.8. The minimum Gasteiger partial charge on any atom is -0.451 e. The van der Waals surface area contributed by atoms with Gasteiger partial charge in [0.05, 0.1) is 0 Å². The van der Waals surface area contributed by atoms with E-state index in [0.29, 0.717) is 12.3 Å². The van der Waals surface area contributed by atoms with Gasteiger partial charge in [-0.2, -0.15) is 0 Å². The van der Waals surface area contributed by atoms with E-state index in [0.717, 1.165) is 34.6 Å². The van der Waals surface area contributed by atoms with Gasteiger partial charge in [-0.15, -0.1) is 0 Å². The van der Waals surface area contributed by atoms with Crippen molar-refractivity contribution < 1.29 is 9.21 Å². The molecule has 3 aromatic carbocycles. The Balaban J connectivity index is 1.42. The van der Waals surface area contributed by atoms with Gasteiger partial charge >= 0.3 is 0 Å². The summed E-state index contributed by atoms with van der Waals surface area (Å²) in [4.78, 5) is 12.4. The summed E-state index contributed by atoms with van der Waals surface area (Å²) < 4.78 is 5.76. The quantitative estimate of drug-likeness (QED) is 0.502. The first-order chi connectivity index (χ1) is 12.7. The van der Waals surface area contributed by atoms with Gasteiger partial charge in [0.2, 0.25) is 0 Å². The summed E-state index contributed by atoms with van der Waals surface area (Å²) >= 11 is 0. The summed E-state index contributed by atoms with van der Waals surface area (Å²) in [5.41, 5.74) is 3.31. The lowest BCUT2D eigenvalue weighted by atomic mass is 10.1. The molecule has 0 saturated heterocycles. The zero-order valence-electron chi connectivity index (χ0n) is 14.8. The molecule has 26 heavy (non-hydrogen) atoms. The van der Waals surface area contributed by atoms with E-state index in [-0.39, 0.29) is 5.91 Å². The third-order valence-electron chi connectivity index (χ3n) is 4.66. The number of nitrogens with one attached hydrogen (secondary N) is 1. The van der Waals surface area contributed by atoms with Gasteiger partial charge in [0.1, 0.15) is 5.58 Å². The van der Waals surface area contributed by atoms with Gasteiger partial charge in [0.25, 0.3) is 5.91 Å². The van der Waals surface area contributed by atoms with Crippen molar-refractivity contribution >= 4 is 27.6 Å². The predicted octanol–water partition coefficient (Wildman–Crippen LogP) is 5.26. The maximum Gasteiger partial charge on any atom is 0.287 e. The molecular weight excluding hydrogens is 322 g/mol. The maximum absolute atomic E-state index is 12.4. The lowest BCUT2D eigenvalue weighted by molar-refractivity contribution is 0.0927. The van der Waals surface area contributed by atoms with Crippen molar-refractivity contribution in [2.45, 2.75) is 19.8 Å². The fourth-order valence-electron chi connectivity index (χ4n) is 3.35. The Kier molecular flexibility index (Phi) is 4.44. The molecule has 0 fully saturated rings. The minimum absolute atomic E-state index is 0.158. The largest absolute Gasteiger partial charge is 0.451 e. The molecule has 4 aromatic rings. The maximum atomic E-state index is 12.4. The SMILES string of the molecule is Cc1cccc(CCCNC(=O)c2cc3c(ccc4ccccc43)o2)c1. The Morgan fingerprint density at radius 1 is 0.962 bits per heavy atom. The molecule has 4 rings (SSSR count). The molecule has 0 saturated carbocycles. The third-order valence-corrected chi connectivity index (χ3v) is 4.66. The first kappa shape index (κ1) is 16.4. The molecule has 0 aliphatic heterocycles. The molecule has 0 spiro atoms. The number of benzene rings is 3. The highest BCUT2D eigenvalue weighted by atomic mass is 16.3. The second kappa shape index (κ2) is 7.04. The number of hydrogen-bond donors (Lipinski definition) is 1. The molecule has 130 valence electrons. The van der Waals surface area contributed by atoms with Crippen molar-refractivity contribution in [2.75, 3.05) is 6.54 Å². The summed E-state index contributed by atoms with van der Waals surface area (Å²) in [6, 6.07) is 22.4. The summed E-state index contributed by atoms with van der Waals surface area (Å²) in [6.07, 6.45) is 1.85. The fourth-order valence-corrected chi connectivity index (χ4v) is 3.35. The summed E-state index contributed by atoms with van der Waals surface area (Å²) in [7, 11) is 0. The van der Waals surface area contributed by atoms with E-state index in [1.54, 1.807) is 0 Å². The molecule has 1 amide bonds. The normalized spacial score (nSPS) is 11.1. The zero-order chi connectivity index (χ0) is 17.9. The van der Waals surface area contributed by atoms with Crippen LogP contribution in [-0.4, -0.2) is 12.5 Å². The number of carbonyl (C=O) groups is 1. The molecule has 0 bridgehead atoms. The minimum atomic E-state index is -0.158. The Hall–Kier alpha value is -3.07. The van der Waals surface area contributed by atoms with Gasteiger partial charge in [-0.05, 0) is 48.2 Å². The summed E-state index contributed by atoms with van der Waals surface area (Å²) in [5.74, 6) is 0.210. The van der Waals surface area contributed by atoms with Gasteiger partial charge in [0.15, 0.2) is 5.76 Å². The molecule has 0 aliphatic rings. The van der Waals surface area contributed by atoms with Gasteiger partial charge in [0, 0.05) is 11.9 Å². The van der Waals surface area contributed by atoms with Crippen LogP contribution < -0.4 is 5.32 Å². The summed E-state index contributed by atoms with van der Waals surface area (Å²) in [5, 5.41) is 6.19. The Morgan fingerprint density at radius 2 is 1.85 bits per heavy atom. The van der Waals surface area contributed by atoms with Crippen molar-refractivity contribution in [1.82, 2.24) is 5.32 Å². The Labute approximate surface area is 152 Å². The van der Waals surface area contributed by atoms with Gasteiger partial charge in [-0.1, -0.05) is 60.2 Å². The van der Waals surface area contributed by atoms with Crippen LogP contribution in [0.1, 0.15) is 28.1 Å². The molecule has 0 unspecified atom stereocenters. The van der Waals surface area contributed by atoms with Crippen LogP contribution in [0.3, 0.4) is 0 Å². The average molecular weight is 343 g/mol. The molecule has 3 heteroatoms. The summed E-state index contributed by atoms with van der Waals surface area (Å²) in [6.45, 7) is 2.72. The van der Waals surface area contributed by atoms with E-state index in [1.165, 1.54) is 11.1 Å². The number of amides is 1. The molecule has 0 radical (unpaired) electrons. The molecule has 3 nitrogen and oxygen atoms in total. The average Bonchev–Trinajstić information content (AvgIpc) is 3.10. The second-order valence-electron chi connectivity index (χ2n) is 6.66. The predicted molar refractivity (Wildman–Crippen MR) is 106 cm³/mol.